The van der Waals surface area contributed by atoms with Crippen LogP contribution in [0.25, 0.3) is 0 Å². The summed E-state index contributed by atoms with van der Waals surface area (Å²) in [6.07, 6.45) is 0. The molecule has 0 spiro atoms. The Kier molecular flexibility index (Phi) is 7.16. The van der Waals surface area contributed by atoms with Crippen molar-refractivity contribution >= 4 is 47.7 Å². The Balaban J connectivity index is 1.71. The molecular weight excluding hydrogens is 450 g/mol. The highest BCUT2D eigenvalue weighted by atomic mass is 31.1. The summed E-state index contributed by atoms with van der Waals surface area (Å²) >= 11 is 0. The van der Waals surface area contributed by atoms with Gasteiger partial charge >= 0.3 is 0 Å². The smallest absolute Gasteiger partial charge is 0.120 e. The van der Waals surface area contributed by atoms with Crippen LogP contribution in [0.15, 0.2) is 140 Å². The van der Waals surface area contributed by atoms with Crippen molar-refractivity contribution in [1.82, 2.24) is 0 Å². The van der Waals surface area contributed by atoms with Crippen molar-refractivity contribution in [3.63, 3.8) is 0 Å². The topological polar surface area (TPSA) is 9.23 Å². The van der Waals surface area contributed by atoms with Gasteiger partial charge in [0.05, 0.1) is 7.11 Å². The summed E-state index contributed by atoms with van der Waals surface area (Å²) in [7, 11) is 0.335. The van der Waals surface area contributed by atoms with E-state index >= 15 is 0 Å². The third-order valence-electron chi connectivity index (χ3n) is 5.69. The van der Waals surface area contributed by atoms with Gasteiger partial charge in [0, 0.05) is 0 Å². The van der Waals surface area contributed by atoms with E-state index in [1.807, 2.05) is 0 Å². The minimum absolute atomic E-state index is 0.716. The molecule has 0 N–H and O–H groups in total. The van der Waals surface area contributed by atoms with Crippen LogP contribution in [-0.4, -0.2) is 7.11 Å². The Hall–Kier alpha value is -3.24. The first kappa shape index (κ1) is 22.5. The first-order valence-corrected chi connectivity index (χ1v) is 14.0. The fraction of sp³-hybridized carbons (Fsp3) is 0.0323. The summed E-state index contributed by atoms with van der Waals surface area (Å²) in [6, 6.07) is 50.2. The van der Waals surface area contributed by atoms with Crippen LogP contribution in [0.4, 0.5) is 0 Å². The van der Waals surface area contributed by atoms with Gasteiger partial charge in [0.2, 0.25) is 0 Å². The summed E-state index contributed by atoms with van der Waals surface area (Å²) < 4.78 is 5.86. The van der Waals surface area contributed by atoms with Crippen molar-refractivity contribution in [2.24, 2.45) is 0 Å². The maximum atomic E-state index is 5.86. The number of hydrogen-bond donors (Lipinski definition) is 0. The SMILES string of the molecule is COc1cc(P(c2ccccc2)c2ccccc2)cc(P(c2ccccc2)c2ccccc2)c1. The van der Waals surface area contributed by atoms with Crippen molar-refractivity contribution in [2.75, 3.05) is 7.11 Å². The highest BCUT2D eigenvalue weighted by Crippen LogP contribution is 2.38. The van der Waals surface area contributed by atoms with E-state index in [0.717, 1.165) is 5.75 Å². The highest BCUT2D eigenvalue weighted by Gasteiger charge is 2.22. The first-order chi connectivity index (χ1) is 16.8. The maximum absolute atomic E-state index is 5.86. The molecule has 0 aromatic heterocycles. The van der Waals surface area contributed by atoms with Crippen molar-refractivity contribution in [1.29, 1.82) is 0 Å². The zero-order valence-electron chi connectivity index (χ0n) is 19.1. The van der Waals surface area contributed by atoms with Gasteiger partial charge < -0.3 is 4.74 Å². The molecular formula is C31H26OP2. The molecule has 166 valence electrons. The molecule has 0 unspecified atom stereocenters. The number of methoxy groups -OCH3 is 1. The Morgan fingerprint density at radius 2 is 0.676 bits per heavy atom. The van der Waals surface area contributed by atoms with Crippen LogP contribution in [0.3, 0.4) is 0 Å². The molecule has 5 aromatic carbocycles. The van der Waals surface area contributed by atoms with Gasteiger partial charge in [-0.25, -0.2) is 0 Å². The van der Waals surface area contributed by atoms with Crippen molar-refractivity contribution < 1.29 is 4.74 Å². The average Bonchev–Trinajstić information content (AvgIpc) is 2.91. The molecule has 0 aliphatic carbocycles. The quantitative estimate of drug-likeness (QED) is 0.293. The van der Waals surface area contributed by atoms with E-state index in [4.69, 9.17) is 4.74 Å². The number of rotatable bonds is 7. The molecule has 0 aliphatic rings. The number of benzene rings is 5. The molecule has 0 bridgehead atoms. The molecule has 34 heavy (non-hydrogen) atoms. The van der Waals surface area contributed by atoms with Gasteiger partial charge in [-0.05, 0) is 65.9 Å². The van der Waals surface area contributed by atoms with Crippen molar-refractivity contribution in [3.05, 3.63) is 140 Å². The van der Waals surface area contributed by atoms with Crippen LogP contribution in [0.1, 0.15) is 0 Å². The molecule has 0 fully saturated rings. The largest absolute Gasteiger partial charge is 0.497 e. The Bertz CT molecular complexity index is 1140. The normalized spacial score (nSPS) is 11.0. The van der Waals surface area contributed by atoms with E-state index in [-0.39, 0.29) is 0 Å². The number of hydrogen-bond acceptors (Lipinski definition) is 1. The van der Waals surface area contributed by atoms with Gasteiger partial charge in [-0.15, -0.1) is 0 Å². The lowest BCUT2D eigenvalue weighted by Gasteiger charge is -2.24. The lowest BCUT2D eigenvalue weighted by atomic mass is 10.3. The van der Waals surface area contributed by atoms with Gasteiger partial charge in [-0.1, -0.05) is 121 Å². The van der Waals surface area contributed by atoms with Crippen molar-refractivity contribution in [2.45, 2.75) is 0 Å². The minimum Gasteiger partial charge on any atom is -0.497 e. The van der Waals surface area contributed by atoms with Crippen LogP contribution < -0.4 is 36.6 Å². The molecule has 0 aliphatic heterocycles. The third-order valence-corrected chi connectivity index (χ3v) is 10.5. The monoisotopic (exact) mass is 476 g/mol. The molecule has 0 radical (unpaired) electrons. The minimum atomic E-state index is -0.716. The van der Waals surface area contributed by atoms with Crippen LogP contribution in [0.5, 0.6) is 5.75 Å². The lowest BCUT2D eigenvalue weighted by Crippen LogP contribution is -2.26. The van der Waals surface area contributed by atoms with E-state index in [9.17, 15) is 0 Å². The van der Waals surface area contributed by atoms with Gasteiger partial charge in [-0.2, -0.15) is 0 Å². The molecule has 0 atom stereocenters. The van der Waals surface area contributed by atoms with Gasteiger partial charge in [-0.3, -0.25) is 0 Å². The summed E-state index contributed by atoms with van der Waals surface area (Å²) in [5.74, 6) is 0.909. The Morgan fingerprint density at radius 1 is 0.382 bits per heavy atom. The van der Waals surface area contributed by atoms with Gasteiger partial charge in [0.25, 0.3) is 0 Å². The molecule has 5 rings (SSSR count). The van der Waals surface area contributed by atoms with Gasteiger partial charge in [0.1, 0.15) is 5.75 Å². The van der Waals surface area contributed by atoms with Crippen LogP contribution in [0.2, 0.25) is 0 Å². The molecule has 5 aromatic rings. The van der Waals surface area contributed by atoms with Crippen molar-refractivity contribution in [3.8, 4) is 5.75 Å². The van der Waals surface area contributed by atoms with E-state index in [2.05, 4.69) is 140 Å². The Labute approximate surface area is 204 Å². The van der Waals surface area contributed by atoms with E-state index < -0.39 is 15.8 Å². The standard InChI is InChI=1S/C31H26OP2/c1-32-25-22-30(33(26-14-6-2-7-15-26)27-16-8-3-9-17-27)24-31(23-25)34(28-18-10-4-11-19-28)29-20-12-5-13-21-29/h2-24H,1H3. The zero-order chi connectivity index (χ0) is 23.2. The molecule has 1 nitrogen and oxygen atoms in total. The summed E-state index contributed by atoms with van der Waals surface area (Å²) in [4.78, 5) is 0. The fourth-order valence-electron chi connectivity index (χ4n) is 4.15. The second kappa shape index (κ2) is 10.8. The lowest BCUT2D eigenvalue weighted by molar-refractivity contribution is 0.415. The van der Waals surface area contributed by atoms with E-state index in [0.29, 0.717) is 0 Å². The maximum Gasteiger partial charge on any atom is 0.120 e. The molecule has 0 amide bonds. The number of ether oxygens (including phenoxy) is 1. The molecule has 3 heteroatoms. The second-order valence-electron chi connectivity index (χ2n) is 7.90. The third kappa shape index (κ3) is 4.97. The first-order valence-electron chi connectivity index (χ1n) is 11.3. The van der Waals surface area contributed by atoms with Gasteiger partial charge in [0.15, 0.2) is 0 Å². The van der Waals surface area contributed by atoms with Crippen LogP contribution in [0, 0.1) is 0 Å². The van der Waals surface area contributed by atoms with Crippen LogP contribution in [-0.2, 0) is 0 Å². The molecule has 0 saturated heterocycles. The average molecular weight is 476 g/mol. The second-order valence-corrected chi connectivity index (χ2v) is 12.3. The Morgan fingerprint density at radius 3 is 0.941 bits per heavy atom. The van der Waals surface area contributed by atoms with E-state index in [1.54, 1.807) is 7.11 Å². The molecule has 0 heterocycles. The van der Waals surface area contributed by atoms with E-state index in [1.165, 1.54) is 31.8 Å². The van der Waals surface area contributed by atoms with Crippen LogP contribution >= 0.6 is 15.8 Å². The summed E-state index contributed by atoms with van der Waals surface area (Å²) in [5, 5.41) is 7.97. The zero-order valence-corrected chi connectivity index (χ0v) is 20.9. The highest BCUT2D eigenvalue weighted by molar-refractivity contribution is 7.81. The summed E-state index contributed by atoms with van der Waals surface area (Å²) in [6.45, 7) is 0. The predicted octanol–water partition coefficient (Wildman–Crippen LogP) is 5.21. The predicted molar refractivity (Wildman–Crippen MR) is 150 cm³/mol. The molecule has 0 saturated carbocycles. The fourth-order valence-corrected chi connectivity index (χ4v) is 8.97. The summed E-state index contributed by atoms with van der Waals surface area (Å²) in [5.41, 5.74) is 0.